The molecule has 2 aromatic rings. The number of aliphatic imine (C=N–C) groups is 1. The normalized spacial score (nSPS) is 20.8. The largest absolute Gasteiger partial charge is 0.372 e. The number of carbonyl (C=O) groups is 1. The van der Waals surface area contributed by atoms with Gasteiger partial charge in [-0.3, -0.25) is 4.79 Å². The van der Waals surface area contributed by atoms with E-state index in [0.717, 1.165) is 0 Å². The fourth-order valence-corrected chi connectivity index (χ4v) is 3.37. The lowest BCUT2D eigenvalue weighted by molar-refractivity contribution is -0.0483. The first-order valence-electron chi connectivity index (χ1n) is 8.47. The molecule has 2 atom stereocenters. The Morgan fingerprint density at radius 3 is 2.67 bits per heavy atom. The number of hydrogen-bond acceptors (Lipinski definition) is 4. The predicted molar refractivity (Wildman–Crippen MR) is 99.2 cm³/mol. The van der Waals surface area contributed by atoms with Crippen molar-refractivity contribution in [3.05, 3.63) is 40.4 Å². The Morgan fingerprint density at radius 1 is 1.37 bits per heavy atom. The van der Waals surface area contributed by atoms with E-state index in [1.807, 2.05) is 13.8 Å². The number of rotatable bonds is 2. The predicted octanol–water partition coefficient (Wildman–Crippen LogP) is 3.01. The van der Waals surface area contributed by atoms with Gasteiger partial charge in [-0.15, -0.1) is 0 Å². The van der Waals surface area contributed by atoms with Crippen molar-refractivity contribution in [1.29, 1.82) is 0 Å². The number of carbonyl (C=O) groups excluding carboxylic acids is 1. The van der Waals surface area contributed by atoms with Gasteiger partial charge in [0.25, 0.3) is 5.91 Å². The molecule has 0 unspecified atom stereocenters. The first-order valence-corrected chi connectivity index (χ1v) is 8.85. The maximum atomic E-state index is 14.3. The number of aromatic nitrogens is 1. The summed E-state index contributed by atoms with van der Waals surface area (Å²) in [6.07, 6.45) is -0.0783. The Balaban J connectivity index is 1.95. The molecule has 0 bridgehead atoms. The van der Waals surface area contributed by atoms with E-state index in [9.17, 15) is 9.18 Å². The summed E-state index contributed by atoms with van der Waals surface area (Å²) < 4.78 is 25.0. The summed E-state index contributed by atoms with van der Waals surface area (Å²) in [6.45, 7) is 6.41. The third kappa shape index (κ3) is 3.96. The summed E-state index contributed by atoms with van der Waals surface area (Å²) >= 11 is 6.09. The first-order chi connectivity index (χ1) is 12.8. The van der Waals surface area contributed by atoms with Gasteiger partial charge in [-0.2, -0.15) is 4.99 Å². The smallest absolute Gasteiger partial charge is 0.286 e. The highest BCUT2D eigenvalue weighted by Gasteiger charge is 2.27. The van der Waals surface area contributed by atoms with Crippen molar-refractivity contribution in [3.8, 4) is 11.3 Å². The Bertz CT molecular complexity index is 868. The van der Waals surface area contributed by atoms with Crippen molar-refractivity contribution in [1.82, 2.24) is 10.1 Å². The van der Waals surface area contributed by atoms with Crippen molar-refractivity contribution in [2.45, 2.75) is 33.0 Å². The molecule has 1 fully saturated rings. The van der Waals surface area contributed by atoms with Gasteiger partial charge in [0.2, 0.25) is 0 Å². The molecule has 1 amide bonds. The zero-order valence-electron chi connectivity index (χ0n) is 15.2. The second-order valence-electron chi connectivity index (χ2n) is 6.50. The minimum atomic E-state index is -0.674. The van der Waals surface area contributed by atoms with E-state index >= 15 is 0 Å². The van der Waals surface area contributed by atoms with Gasteiger partial charge < -0.3 is 19.9 Å². The number of nitrogens with two attached hydrogens (primary N) is 1. The molecule has 2 heterocycles. The lowest BCUT2D eigenvalue weighted by Gasteiger charge is -2.35. The summed E-state index contributed by atoms with van der Waals surface area (Å²) in [5.74, 6) is -1.02. The van der Waals surface area contributed by atoms with Gasteiger partial charge in [-0.25, -0.2) is 4.39 Å². The fraction of sp³-hybridized carbons (Fsp3) is 0.389. The van der Waals surface area contributed by atoms with Crippen LogP contribution in [0.3, 0.4) is 0 Å². The van der Waals surface area contributed by atoms with Crippen LogP contribution in [0.5, 0.6) is 0 Å². The van der Waals surface area contributed by atoms with Crippen LogP contribution in [0.15, 0.2) is 27.7 Å². The number of aryl methyl sites for hydroxylation is 1. The van der Waals surface area contributed by atoms with E-state index in [0.29, 0.717) is 13.1 Å². The van der Waals surface area contributed by atoms with Crippen LogP contribution in [0.4, 0.5) is 4.39 Å². The van der Waals surface area contributed by atoms with Gasteiger partial charge >= 0.3 is 0 Å². The Hall–Kier alpha value is -2.45. The third-order valence-electron chi connectivity index (χ3n) is 4.24. The topological polar surface area (TPSA) is 94.0 Å². The van der Waals surface area contributed by atoms with Crippen LogP contribution in [0.25, 0.3) is 11.3 Å². The number of morpholine rings is 1. The molecule has 27 heavy (non-hydrogen) atoms. The summed E-state index contributed by atoms with van der Waals surface area (Å²) in [6, 6.07) is 4.20. The zero-order valence-corrected chi connectivity index (χ0v) is 16.0. The van der Waals surface area contributed by atoms with Crippen LogP contribution < -0.4 is 5.73 Å². The molecule has 7 nitrogen and oxygen atoms in total. The SMILES string of the molecule is Cc1onc(-c2c(F)cccc2Cl)c1C(=O)N=C(N)N1C[C@H](C)O[C@@H](C)C1. The number of nitrogens with zero attached hydrogens (tertiary/aromatic N) is 3. The van der Waals surface area contributed by atoms with Crippen LogP contribution in [0.1, 0.15) is 30.0 Å². The lowest BCUT2D eigenvalue weighted by Crippen LogP contribution is -2.51. The Kier molecular flexibility index (Phi) is 5.48. The maximum Gasteiger partial charge on any atom is 0.286 e. The van der Waals surface area contributed by atoms with Crippen LogP contribution in [-0.4, -0.2) is 47.2 Å². The van der Waals surface area contributed by atoms with Crippen molar-refractivity contribution < 1.29 is 18.4 Å². The molecular formula is C18H20ClFN4O3. The minimum Gasteiger partial charge on any atom is -0.372 e. The van der Waals surface area contributed by atoms with E-state index < -0.39 is 11.7 Å². The molecule has 0 spiro atoms. The van der Waals surface area contributed by atoms with Crippen molar-refractivity contribution in [3.63, 3.8) is 0 Å². The highest BCUT2D eigenvalue weighted by molar-refractivity contribution is 6.33. The van der Waals surface area contributed by atoms with E-state index in [1.54, 1.807) is 11.8 Å². The van der Waals surface area contributed by atoms with Crippen molar-refractivity contribution in [2.24, 2.45) is 10.7 Å². The van der Waals surface area contributed by atoms with Crippen molar-refractivity contribution >= 4 is 23.5 Å². The number of benzene rings is 1. The second kappa shape index (κ2) is 7.66. The Morgan fingerprint density at radius 2 is 2.04 bits per heavy atom. The van der Waals surface area contributed by atoms with Gasteiger partial charge in [0.05, 0.1) is 22.8 Å². The molecule has 1 aliphatic heterocycles. The molecule has 3 rings (SSSR count). The number of ether oxygens (including phenoxy) is 1. The van der Waals surface area contributed by atoms with Gasteiger partial charge in [0.15, 0.2) is 5.96 Å². The van der Waals surface area contributed by atoms with Crippen LogP contribution in [-0.2, 0) is 4.74 Å². The monoisotopic (exact) mass is 394 g/mol. The van der Waals surface area contributed by atoms with E-state index in [4.69, 9.17) is 26.6 Å². The summed E-state index contributed by atoms with van der Waals surface area (Å²) in [5.41, 5.74) is 6.04. The summed E-state index contributed by atoms with van der Waals surface area (Å²) in [5, 5.41) is 3.92. The van der Waals surface area contributed by atoms with E-state index in [2.05, 4.69) is 10.1 Å². The fourth-order valence-electron chi connectivity index (χ4n) is 3.11. The minimum absolute atomic E-state index is 0.000800. The zero-order chi connectivity index (χ0) is 19.7. The van der Waals surface area contributed by atoms with Gasteiger partial charge in [0.1, 0.15) is 22.8 Å². The quantitative estimate of drug-likeness (QED) is 0.621. The number of halogens is 2. The van der Waals surface area contributed by atoms with Crippen LogP contribution in [0.2, 0.25) is 5.02 Å². The molecule has 1 aliphatic rings. The number of guanidine groups is 1. The van der Waals surface area contributed by atoms with Gasteiger partial charge in [0, 0.05) is 13.1 Å². The molecule has 0 aliphatic carbocycles. The van der Waals surface area contributed by atoms with Crippen molar-refractivity contribution in [2.75, 3.05) is 13.1 Å². The average Bonchev–Trinajstić information content (AvgIpc) is 2.95. The highest BCUT2D eigenvalue weighted by Crippen LogP contribution is 2.33. The van der Waals surface area contributed by atoms with Crippen LogP contribution in [0, 0.1) is 12.7 Å². The molecule has 2 N–H and O–H groups in total. The molecule has 1 aromatic heterocycles. The summed E-state index contributed by atoms with van der Waals surface area (Å²) in [7, 11) is 0. The molecule has 0 radical (unpaired) electrons. The third-order valence-corrected chi connectivity index (χ3v) is 4.55. The first kappa shape index (κ1) is 19.3. The lowest BCUT2D eigenvalue weighted by atomic mass is 10.1. The standard InChI is InChI=1S/C18H20ClFN4O3/c1-9-7-24(8-10(2)26-9)18(21)22-17(25)14-11(3)27-23-16(14)15-12(19)5-4-6-13(15)20/h4-6,9-10H,7-8H2,1-3H3,(H2,21,22,25)/t9-,10-/m0/s1. The molecule has 1 aromatic carbocycles. The molecule has 144 valence electrons. The Labute approximate surface area is 160 Å². The summed E-state index contributed by atoms with van der Waals surface area (Å²) in [4.78, 5) is 18.5. The highest BCUT2D eigenvalue weighted by atomic mass is 35.5. The van der Waals surface area contributed by atoms with Gasteiger partial charge in [-0.1, -0.05) is 22.8 Å². The average molecular weight is 395 g/mol. The van der Waals surface area contributed by atoms with Gasteiger partial charge in [-0.05, 0) is 32.9 Å². The molecule has 1 saturated heterocycles. The second-order valence-corrected chi connectivity index (χ2v) is 6.90. The number of amides is 1. The molecule has 9 heteroatoms. The number of hydrogen-bond donors (Lipinski definition) is 1. The van der Waals surface area contributed by atoms with E-state index in [1.165, 1.54) is 18.2 Å². The molecular weight excluding hydrogens is 375 g/mol. The maximum absolute atomic E-state index is 14.3. The van der Waals surface area contributed by atoms with Crippen LogP contribution >= 0.6 is 11.6 Å². The van der Waals surface area contributed by atoms with E-state index in [-0.39, 0.29) is 45.8 Å². The molecule has 0 saturated carbocycles.